The summed E-state index contributed by atoms with van der Waals surface area (Å²) in [6.07, 6.45) is 2.27. The van der Waals surface area contributed by atoms with Gasteiger partial charge in [0.15, 0.2) is 28.4 Å². The molecule has 1 unspecified atom stereocenters. The number of carboxylic acid groups (broad SMARTS) is 1. The third-order valence-corrected chi connectivity index (χ3v) is 5.82. The first-order valence-electron chi connectivity index (χ1n) is 7.65. The highest BCUT2D eigenvalue weighted by atomic mass is 32.2. The fourth-order valence-corrected chi connectivity index (χ4v) is 3.81. The second-order valence-corrected chi connectivity index (χ2v) is 8.02. The van der Waals surface area contributed by atoms with Gasteiger partial charge in [0, 0.05) is 23.7 Å². The molecule has 9 nitrogen and oxygen atoms in total. The van der Waals surface area contributed by atoms with Crippen LogP contribution in [0, 0.1) is 0 Å². The van der Waals surface area contributed by atoms with Gasteiger partial charge in [0.2, 0.25) is 0 Å². The number of anilines is 2. The van der Waals surface area contributed by atoms with Crippen molar-refractivity contribution < 1.29 is 18.7 Å². The summed E-state index contributed by atoms with van der Waals surface area (Å²) in [6.45, 7) is 0. The standard InChI is InChI=1S/C15H13N5O4S2/c21-15(22)9-6-11(17-12-5-8(19-20-12)7-1-2-7)18-14(16-9)10-3-4-13(25-10)26(23)24/h3-7H,1-2H2,(H,21,22)(H,23,24)(H2,16,17,18,19,20). The zero-order chi connectivity index (χ0) is 18.3. The fourth-order valence-electron chi connectivity index (χ4n) is 2.40. The maximum atomic E-state index is 11.4. The van der Waals surface area contributed by atoms with Gasteiger partial charge in [-0.1, -0.05) is 0 Å². The van der Waals surface area contributed by atoms with Crippen molar-refractivity contribution in [2.24, 2.45) is 0 Å². The molecular weight excluding hydrogens is 378 g/mol. The van der Waals surface area contributed by atoms with Crippen molar-refractivity contribution in [1.82, 2.24) is 20.2 Å². The highest BCUT2D eigenvalue weighted by molar-refractivity contribution is 7.81. The molecule has 0 saturated heterocycles. The van der Waals surface area contributed by atoms with Gasteiger partial charge in [-0.15, -0.1) is 11.3 Å². The number of thiophene rings is 1. The van der Waals surface area contributed by atoms with Crippen molar-refractivity contribution in [3.05, 3.63) is 35.7 Å². The Balaban J connectivity index is 1.67. The van der Waals surface area contributed by atoms with E-state index in [9.17, 15) is 14.1 Å². The van der Waals surface area contributed by atoms with E-state index < -0.39 is 17.0 Å². The summed E-state index contributed by atoms with van der Waals surface area (Å²) < 4.78 is 20.5. The second-order valence-electron chi connectivity index (χ2n) is 5.74. The molecule has 0 aliphatic heterocycles. The number of nitrogens with zero attached hydrogens (tertiary/aromatic N) is 3. The van der Waals surface area contributed by atoms with Gasteiger partial charge in [0.25, 0.3) is 0 Å². The predicted octanol–water partition coefficient (Wildman–Crippen LogP) is 2.83. The number of nitrogens with one attached hydrogen (secondary N) is 2. The minimum Gasteiger partial charge on any atom is -0.477 e. The van der Waals surface area contributed by atoms with Gasteiger partial charge in [0.05, 0.1) is 4.88 Å². The van der Waals surface area contributed by atoms with Crippen molar-refractivity contribution in [3.63, 3.8) is 0 Å². The normalized spacial score (nSPS) is 15.0. The first-order chi connectivity index (χ1) is 12.5. The smallest absolute Gasteiger partial charge is 0.354 e. The Morgan fingerprint density at radius 3 is 2.73 bits per heavy atom. The van der Waals surface area contributed by atoms with Crippen LogP contribution in [0.2, 0.25) is 0 Å². The lowest BCUT2D eigenvalue weighted by Crippen LogP contribution is -2.05. The minimum absolute atomic E-state index is 0.159. The first-order valence-corrected chi connectivity index (χ1v) is 9.57. The summed E-state index contributed by atoms with van der Waals surface area (Å²) in [5, 5.41) is 19.4. The zero-order valence-electron chi connectivity index (χ0n) is 13.2. The number of carbonyl (C=O) groups is 1. The van der Waals surface area contributed by atoms with Gasteiger partial charge in [-0.3, -0.25) is 5.10 Å². The molecule has 26 heavy (non-hydrogen) atoms. The highest BCUT2D eigenvalue weighted by Crippen LogP contribution is 2.39. The lowest BCUT2D eigenvalue weighted by atomic mass is 10.3. The molecule has 3 heterocycles. The number of aromatic carboxylic acids is 1. The maximum absolute atomic E-state index is 11.4. The summed E-state index contributed by atoms with van der Waals surface area (Å²) >= 11 is -1.08. The molecule has 1 saturated carbocycles. The largest absolute Gasteiger partial charge is 0.477 e. The third-order valence-electron chi connectivity index (χ3n) is 3.79. The van der Waals surface area contributed by atoms with E-state index in [0.717, 1.165) is 29.9 Å². The van der Waals surface area contributed by atoms with E-state index in [1.54, 1.807) is 6.07 Å². The summed E-state index contributed by atoms with van der Waals surface area (Å²) in [7, 11) is 0. The zero-order valence-corrected chi connectivity index (χ0v) is 14.8. The van der Waals surface area contributed by atoms with Crippen LogP contribution in [-0.2, 0) is 11.1 Å². The van der Waals surface area contributed by atoms with E-state index in [-0.39, 0.29) is 21.5 Å². The Hall–Kier alpha value is -2.63. The number of hydrogen-bond acceptors (Lipinski definition) is 7. The Morgan fingerprint density at radius 2 is 2.08 bits per heavy atom. The Morgan fingerprint density at radius 1 is 1.27 bits per heavy atom. The summed E-state index contributed by atoms with van der Waals surface area (Å²) in [4.78, 5) is 20.2. The van der Waals surface area contributed by atoms with E-state index in [2.05, 4.69) is 25.5 Å². The van der Waals surface area contributed by atoms with Gasteiger partial charge in [-0.05, 0) is 25.0 Å². The van der Waals surface area contributed by atoms with Crippen molar-refractivity contribution in [3.8, 4) is 10.7 Å². The van der Waals surface area contributed by atoms with E-state index in [1.807, 2.05) is 6.07 Å². The van der Waals surface area contributed by atoms with Crippen molar-refractivity contribution in [2.75, 3.05) is 5.32 Å². The average molecular weight is 391 g/mol. The van der Waals surface area contributed by atoms with Crippen molar-refractivity contribution >= 4 is 40.0 Å². The molecule has 0 radical (unpaired) electrons. The molecule has 11 heteroatoms. The van der Waals surface area contributed by atoms with Gasteiger partial charge < -0.3 is 15.0 Å². The SMILES string of the molecule is O=C(O)c1cc(Nc2cc(C3CC3)[nH]n2)nc(-c2ccc(S(=O)O)s2)n1. The number of aromatic nitrogens is 4. The average Bonchev–Trinajstić information content (AvgIpc) is 3.15. The Kier molecular flexibility index (Phi) is 4.26. The number of H-pyrrole nitrogens is 1. The molecule has 4 rings (SSSR count). The molecule has 3 aromatic rings. The molecular formula is C15H13N5O4S2. The maximum Gasteiger partial charge on any atom is 0.354 e. The fraction of sp³-hybridized carbons (Fsp3) is 0.200. The Labute approximate surface area is 153 Å². The van der Waals surface area contributed by atoms with Crippen LogP contribution in [0.1, 0.15) is 34.9 Å². The van der Waals surface area contributed by atoms with Crippen LogP contribution in [-0.4, -0.2) is 40.0 Å². The lowest BCUT2D eigenvalue weighted by Gasteiger charge is -2.05. The first kappa shape index (κ1) is 16.8. The molecule has 1 aliphatic rings. The number of rotatable bonds is 6. The highest BCUT2D eigenvalue weighted by Gasteiger charge is 2.25. The molecule has 0 amide bonds. The lowest BCUT2D eigenvalue weighted by molar-refractivity contribution is 0.0690. The number of aromatic amines is 1. The van der Waals surface area contributed by atoms with Crippen LogP contribution in [0.4, 0.5) is 11.6 Å². The predicted molar refractivity (Wildman–Crippen MR) is 95.2 cm³/mol. The van der Waals surface area contributed by atoms with E-state index in [4.69, 9.17) is 4.55 Å². The van der Waals surface area contributed by atoms with E-state index in [0.29, 0.717) is 16.6 Å². The van der Waals surface area contributed by atoms with E-state index >= 15 is 0 Å². The summed E-state index contributed by atoms with van der Waals surface area (Å²) in [6, 6.07) is 6.25. The number of hydrogen-bond donors (Lipinski definition) is 4. The molecule has 4 N–H and O–H groups in total. The van der Waals surface area contributed by atoms with Crippen LogP contribution in [0.15, 0.2) is 28.5 Å². The number of carboxylic acids is 1. The van der Waals surface area contributed by atoms with Gasteiger partial charge >= 0.3 is 5.97 Å². The quantitative estimate of drug-likeness (QED) is 0.470. The molecule has 0 aromatic carbocycles. The Bertz CT molecular complexity index is 1010. The third kappa shape index (κ3) is 3.49. The van der Waals surface area contributed by atoms with Crippen LogP contribution in [0.5, 0.6) is 0 Å². The molecule has 1 atom stereocenters. The van der Waals surface area contributed by atoms with Crippen LogP contribution < -0.4 is 5.32 Å². The van der Waals surface area contributed by atoms with Gasteiger partial charge in [0.1, 0.15) is 10.0 Å². The second kappa shape index (κ2) is 6.59. The summed E-state index contributed by atoms with van der Waals surface area (Å²) in [5.41, 5.74) is 0.851. The molecule has 3 aromatic heterocycles. The minimum atomic E-state index is -2.11. The van der Waals surface area contributed by atoms with Crippen LogP contribution in [0.3, 0.4) is 0 Å². The van der Waals surface area contributed by atoms with Crippen LogP contribution >= 0.6 is 11.3 Å². The molecule has 134 valence electrons. The van der Waals surface area contributed by atoms with E-state index in [1.165, 1.54) is 12.1 Å². The van der Waals surface area contributed by atoms with Crippen molar-refractivity contribution in [1.29, 1.82) is 0 Å². The van der Waals surface area contributed by atoms with Gasteiger partial charge in [-0.2, -0.15) is 5.10 Å². The molecule has 1 fully saturated rings. The van der Waals surface area contributed by atoms with Gasteiger partial charge in [-0.25, -0.2) is 19.0 Å². The summed E-state index contributed by atoms with van der Waals surface area (Å²) in [5.74, 6) is 0.294. The monoisotopic (exact) mass is 391 g/mol. The topological polar surface area (TPSA) is 141 Å². The molecule has 0 bridgehead atoms. The molecule has 1 aliphatic carbocycles. The van der Waals surface area contributed by atoms with Crippen LogP contribution in [0.25, 0.3) is 10.7 Å². The van der Waals surface area contributed by atoms with Crippen molar-refractivity contribution in [2.45, 2.75) is 23.0 Å². The molecule has 0 spiro atoms.